The lowest BCUT2D eigenvalue weighted by Gasteiger charge is -2.10. The van der Waals surface area contributed by atoms with Crippen molar-refractivity contribution < 1.29 is 9.59 Å². The van der Waals surface area contributed by atoms with E-state index >= 15 is 0 Å². The van der Waals surface area contributed by atoms with Gasteiger partial charge in [0.15, 0.2) is 0 Å². The van der Waals surface area contributed by atoms with Gasteiger partial charge in [-0.3, -0.25) is 9.59 Å². The van der Waals surface area contributed by atoms with Crippen LogP contribution >= 0.6 is 0 Å². The first kappa shape index (κ1) is 13.2. The summed E-state index contributed by atoms with van der Waals surface area (Å²) in [6, 6.07) is 7.77. The van der Waals surface area contributed by atoms with Gasteiger partial charge in [0.1, 0.15) is 0 Å². The molecule has 0 aromatic heterocycles. The van der Waals surface area contributed by atoms with Crippen molar-refractivity contribution in [1.82, 2.24) is 10.2 Å². The summed E-state index contributed by atoms with van der Waals surface area (Å²) in [5, 5.41) is 2.60. The average molecular weight is 234 g/mol. The summed E-state index contributed by atoms with van der Waals surface area (Å²) in [6.45, 7) is 2.05. The number of hydrogen-bond acceptors (Lipinski definition) is 2. The zero-order valence-corrected chi connectivity index (χ0v) is 10.5. The lowest BCUT2D eigenvalue weighted by molar-refractivity contribution is -0.130. The number of aryl methyl sites for hydroxylation is 1. The smallest absolute Gasteiger partial charge is 0.241 e. The van der Waals surface area contributed by atoms with Gasteiger partial charge in [0, 0.05) is 14.1 Å². The second-order valence-electron chi connectivity index (χ2n) is 4.23. The Kier molecular flexibility index (Phi) is 4.69. The Labute approximate surface area is 102 Å². The molecule has 0 spiro atoms. The third-order valence-electron chi connectivity index (χ3n) is 2.42. The van der Waals surface area contributed by atoms with Crippen LogP contribution in [-0.2, 0) is 16.0 Å². The molecule has 0 aliphatic heterocycles. The number of benzene rings is 1. The number of amides is 2. The quantitative estimate of drug-likeness (QED) is 0.835. The molecule has 1 rings (SSSR count). The summed E-state index contributed by atoms with van der Waals surface area (Å²) in [7, 11) is 3.32. The first-order chi connectivity index (χ1) is 7.99. The van der Waals surface area contributed by atoms with Gasteiger partial charge < -0.3 is 10.2 Å². The number of likely N-dealkylation sites (N-methyl/N-ethyl adjacent to an activating group) is 1. The molecule has 1 aromatic rings. The number of carbonyl (C=O) groups is 2. The molecule has 1 N–H and O–H groups in total. The van der Waals surface area contributed by atoms with E-state index in [1.807, 2.05) is 31.2 Å². The minimum absolute atomic E-state index is 0.0533. The Balaban J connectivity index is 2.40. The molecular weight excluding hydrogens is 216 g/mol. The number of carbonyl (C=O) groups excluding carboxylic acids is 2. The van der Waals surface area contributed by atoms with Gasteiger partial charge in [-0.25, -0.2) is 0 Å². The monoisotopic (exact) mass is 234 g/mol. The van der Waals surface area contributed by atoms with E-state index in [-0.39, 0.29) is 18.4 Å². The van der Waals surface area contributed by atoms with E-state index in [2.05, 4.69) is 5.32 Å². The van der Waals surface area contributed by atoms with E-state index in [4.69, 9.17) is 0 Å². The SMILES string of the molecule is Cc1ccc(CC(=O)NCC(=O)N(C)C)cc1. The predicted molar refractivity (Wildman–Crippen MR) is 66.6 cm³/mol. The van der Waals surface area contributed by atoms with Crippen molar-refractivity contribution in [3.8, 4) is 0 Å². The van der Waals surface area contributed by atoms with Gasteiger partial charge in [0.05, 0.1) is 13.0 Å². The Morgan fingerprint density at radius 2 is 1.76 bits per heavy atom. The molecular formula is C13H18N2O2. The fourth-order valence-corrected chi connectivity index (χ4v) is 1.29. The summed E-state index contributed by atoms with van der Waals surface area (Å²) < 4.78 is 0. The highest BCUT2D eigenvalue weighted by atomic mass is 16.2. The molecule has 4 heteroatoms. The molecule has 1 aromatic carbocycles. The van der Waals surface area contributed by atoms with Crippen molar-refractivity contribution in [2.45, 2.75) is 13.3 Å². The second-order valence-corrected chi connectivity index (χ2v) is 4.23. The third kappa shape index (κ3) is 4.68. The van der Waals surface area contributed by atoms with E-state index in [9.17, 15) is 9.59 Å². The molecule has 0 fully saturated rings. The van der Waals surface area contributed by atoms with Crippen molar-refractivity contribution in [3.05, 3.63) is 35.4 Å². The lowest BCUT2D eigenvalue weighted by Crippen LogP contribution is -2.36. The van der Waals surface area contributed by atoms with E-state index in [1.165, 1.54) is 4.90 Å². The van der Waals surface area contributed by atoms with Crippen LogP contribution in [-0.4, -0.2) is 37.4 Å². The molecule has 0 saturated heterocycles. The first-order valence-corrected chi connectivity index (χ1v) is 5.51. The molecule has 0 radical (unpaired) electrons. The second kappa shape index (κ2) is 6.03. The maximum absolute atomic E-state index is 11.5. The minimum Gasteiger partial charge on any atom is -0.347 e. The van der Waals surface area contributed by atoms with Crippen molar-refractivity contribution in [3.63, 3.8) is 0 Å². The van der Waals surface area contributed by atoms with Crippen molar-refractivity contribution >= 4 is 11.8 Å². The number of nitrogens with zero attached hydrogens (tertiary/aromatic N) is 1. The zero-order valence-electron chi connectivity index (χ0n) is 10.5. The number of rotatable bonds is 4. The Morgan fingerprint density at radius 1 is 1.18 bits per heavy atom. The Morgan fingerprint density at radius 3 is 2.29 bits per heavy atom. The fraction of sp³-hybridized carbons (Fsp3) is 0.385. The Bertz CT molecular complexity index is 396. The van der Waals surface area contributed by atoms with Crippen LogP contribution in [0, 0.1) is 6.92 Å². The van der Waals surface area contributed by atoms with Crippen LogP contribution in [0.25, 0.3) is 0 Å². The van der Waals surface area contributed by atoms with Crippen LogP contribution in [0.1, 0.15) is 11.1 Å². The maximum atomic E-state index is 11.5. The summed E-state index contributed by atoms with van der Waals surface area (Å²) in [4.78, 5) is 24.2. The molecule has 17 heavy (non-hydrogen) atoms. The molecule has 0 aliphatic rings. The van der Waals surface area contributed by atoms with E-state index in [1.54, 1.807) is 14.1 Å². The molecule has 0 aliphatic carbocycles. The fourth-order valence-electron chi connectivity index (χ4n) is 1.29. The summed E-state index contributed by atoms with van der Waals surface area (Å²) in [6.07, 6.45) is 0.307. The van der Waals surface area contributed by atoms with Gasteiger partial charge in [0.25, 0.3) is 0 Å². The van der Waals surface area contributed by atoms with Gasteiger partial charge in [-0.15, -0.1) is 0 Å². The zero-order chi connectivity index (χ0) is 12.8. The van der Waals surface area contributed by atoms with Gasteiger partial charge in [-0.2, -0.15) is 0 Å². The third-order valence-corrected chi connectivity index (χ3v) is 2.42. The summed E-state index contributed by atoms with van der Waals surface area (Å²) in [5.41, 5.74) is 2.11. The van der Waals surface area contributed by atoms with E-state index in [0.717, 1.165) is 11.1 Å². The largest absolute Gasteiger partial charge is 0.347 e. The van der Waals surface area contributed by atoms with Crippen LogP contribution in [0.15, 0.2) is 24.3 Å². The highest BCUT2D eigenvalue weighted by Crippen LogP contribution is 2.03. The van der Waals surface area contributed by atoms with Crippen LogP contribution in [0.2, 0.25) is 0 Å². The highest BCUT2D eigenvalue weighted by molar-refractivity contribution is 5.85. The van der Waals surface area contributed by atoms with Gasteiger partial charge in [-0.05, 0) is 12.5 Å². The summed E-state index contributed by atoms with van der Waals surface area (Å²) >= 11 is 0. The number of nitrogens with one attached hydrogen (secondary N) is 1. The van der Waals surface area contributed by atoms with Crippen LogP contribution in [0.4, 0.5) is 0 Å². The van der Waals surface area contributed by atoms with Crippen LogP contribution in [0.5, 0.6) is 0 Å². The lowest BCUT2D eigenvalue weighted by atomic mass is 10.1. The van der Waals surface area contributed by atoms with Crippen molar-refractivity contribution in [2.75, 3.05) is 20.6 Å². The van der Waals surface area contributed by atoms with E-state index < -0.39 is 0 Å². The molecule has 4 nitrogen and oxygen atoms in total. The normalized spacial score (nSPS) is 9.82. The molecule has 0 unspecified atom stereocenters. The molecule has 0 saturated carbocycles. The van der Waals surface area contributed by atoms with Crippen molar-refractivity contribution in [2.24, 2.45) is 0 Å². The summed E-state index contributed by atoms with van der Waals surface area (Å²) in [5.74, 6) is -0.244. The first-order valence-electron chi connectivity index (χ1n) is 5.51. The Hall–Kier alpha value is -1.84. The standard InChI is InChI=1S/C13H18N2O2/c1-10-4-6-11(7-5-10)8-12(16)14-9-13(17)15(2)3/h4-7H,8-9H2,1-3H3,(H,14,16). The molecule has 0 heterocycles. The van der Waals surface area contributed by atoms with Crippen molar-refractivity contribution in [1.29, 1.82) is 0 Å². The predicted octanol–water partition coefficient (Wildman–Crippen LogP) is 0.742. The van der Waals surface area contributed by atoms with Crippen LogP contribution in [0.3, 0.4) is 0 Å². The highest BCUT2D eigenvalue weighted by Gasteiger charge is 2.07. The van der Waals surface area contributed by atoms with Gasteiger partial charge >= 0.3 is 0 Å². The van der Waals surface area contributed by atoms with Gasteiger partial charge in [-0.1, -0.05) is 29.8 Å². The number of hydrogen-bond donors (Lipinski definition) is 1. The topological polar surface area (TPSA) is 49.4 Å². The minimum atomic E-state index is -0.135. The maximum Gasteiger partial charge on any atom is 0.241 e. The molecule has 92 valence electrons. The average Bonchev–Trinajstić information content (AvgIpc) is 2.29. The van der Waals surface area contributed by atoms with Gasteiger partial charge in [0.2, 0.25) is 11.8 Å². The van der Waals surface area contributed by atoms with E-state index in [0.29, 0.717) is 6.42 Å². The molecule has 0 atom stereocenters. The molecule has 0 bridgehead atoms. The molecule has 2 amide bonds. The van der Waals surface area contributed by atoms with Crippen LogP contribution < -0.4 is 5.32 Å².